The first-order chi connectivity index (χ1) is 20.5. The molecule has 2 aliphatic carbocycles. The molecule has 0 bridgehead atoms. The van der Waals surface area contributed by atoms with Crippen LogP contribution in [0.15, 0.2) is 29.2 Å². The Balaban J connectivity index is 0.000000162. The normalized spacial score (nSPS) is 37.3. The van der Waals surface area contributed by atoms with Crippen molar-refractivity contribution in [1.82, 2.24) is 5.32 Å². The maximum Gasteiger partial charge on any atom is 0.297 e. The lowest BCUT2D eigenvalue weighted by atomic mass is 10.1. The molecule has 3 N–H and O–H groups in total. The predicted molar refractivity (Wildman–Crippen MR) is 151 cm³/mol. The Morgan fingerprint density at radius 1 is 0.837 bits per heavy atom. The van der Waals surface area contributed by atoms with Crippen LogP contribution in [0.1, 0.15) is 70.8 Å². The molecule has 8 atom stereocenters. The number of hydrogen-bond donors (Lipinski definition) is 3. The summed E-state index contributed by atoms with van der Waals surface area (Å²) in [7, 11) is -3.91. The van der Waals surface area contributed by atoms with Crippen LogP contribution >= 0.6 is 0 Å². The van der Waals surface area contributed by atoms with E-state index in [0.717, 1.165) is 56.9 Å². The summed E-state index contributed by atoms with van der Waals surface area (Å²) in [6.07, 6.45) is 3.12. The summed E-state index contributed by atoms with van der Waals surface area (Å²) in [6, 6.07) is 6.75. The molecule has 1 aromatic rings. The van der Waals surface area contributed by atoms with E-state index in [1.165, 1.54) is 12.1 Å². The zero-order valence-electron chi connectivity index (χ0n) is 25.1. The van der Waals surface area contributed by atoms with Crippen molar-refractivity contribution in [3.8, 4) is 0 Å². The van der Waals surface area contributed by atoms with Gasteiger partial charge in [0.05, 0.1) is 11.5 Å². The van der Waals surface area contributed by atoms with Crippen LogP contribution in [0, 0.1) is 6.92 Å². The number of fused-ring (bicyclic) bond motifs is 2. The standard InChI is InChI=1S/C17H22O7S.C13H23NO4/c1-11-4-6-12(7-5-11)25(19,20)21-10-13-14(18)15-16(22-13)24-17(23-15)8-2-3-9-17;1-8(2)14-7-9-10(15)11-12(16-9)18-13(17-11)5-3-4-6-13/h4-7,13-16,18H,2-3,8-10H2,1H3;8-12,14-15H,3-7H2,1-2H3/t13-,14+,15-,16-;9-,10+,11-,12-/m11/s1. The number of aliphatic hydroxyl groups excluding tert-OH is 2. The summed E-state index contributed by atoms with van der Waals surface area (Å²) in [4.78, 5) is 0.0724. The summed E-state index contributed by atoms with van der Waals surface area (Å²) in [5.41, 5.74) is 0.955. The van der Waals surface area contributed by atoms with E-state index in [-0.39, 0.29) is 23.7 Å². The van der Waals surface area contributed by atoms with Crippen molar-refractivity contribution in [1.29, 1.82) is 0 Å². The molecule has 1 aromatic carbocycles. The van der Waals surface area contributed by atoms with Gasteiger partial charge in [-0.3, -0.25) is 4.18 Å². The van der Waals surface area contributed by atoms with Crippen molar-refractivity contribution in [2.24, 2.45) is 0 Å². The van der Waals surface area contributed by atoms with E-state index in [1.807, 2.05) is 6.92 Å². The van der Waals surface area contributed by atoms with Gasteiger partial charge in [0.2, 0.25) is 0 Å². The summed E-state index contributed by atoms with van der Waals surface area (Å²) in [5.74, 6) is -1.11. The molecule has 13 heteroatoms. The fourth-order valence-corrected chi connectivity index (χ4v) is 7.63. The van der Waals surface area contributed by atoms with E-state index in [1.54, 1.807) is 12.1 Å². The Bertz CT molecular complexity index is 1200. The molecule has 2 saturated carbocycles. The lowest BCUT2D eigenvalue weighted by Gasteiger charge is -2.26. The third-order valence-electron chi connectivity index (χ3n) is 9.11. The van der Waals surface area contributed by atoms with Crippen molar-refractivity contribution in [3.63, 3.8) is 0 Å². The summed E-state index contributed by atoms with van der Waals surface area (Å²) >= 11 is 0. The molecule has 4 heterocycles. The number of rotatable bonds is 7. The van der Waals surface area contributed by atoms with Crippen molar-refractivity contribution in [2.45, 2.75) is 144 Å². The highest BCUT2D eigenvalue weighted by Gasteiger charge is 2.59. The minimum absolute atomic E-state index is 0.0724. The van der Waals surface area contributed by atoms with Crippen molar-refractivity contribution < 1.29 is 51.2 Å². The largest absolute Gasteiger partial charge is 0.387 e. The van der Waals surface area contributed by atoms with Crippen molar-refractivity contribution >= 4 is 10.1 Å². The van der Waals surface area contributed by atoms with Crippen LogP contribution in [0.5, 0.6) is 0 Å². The average Bonchev–Trinajstić information content (AvgIpc) is 3.82. The fraction of sp³-hybridized carbons (Fsp3) is 0.800. The van der Waals surface area contributed by atoms with Crippen LogP contribution in [-0.2, 0) is 42.7 Å². The molecule has 4 saturated heterocycles. The molecular weight excluding hydrogens is 582 g/mol. The smallest absolute Gasteiger partial charge is 0.297 e. The molecule has 0 unspecified atom stereocenters. The molecule has 6 fully saturated rings. The highest BCUT2D eigenvalue weighted by molar-refractivity contribution is 7.86. The van der Waals surface area contributed by atoms with E-state index >= 15 is 0 Å². The van der Waals surface area contributed by atoms with Crippen LogP contribution in [0.2, 0.25) is 0 Å². The Morgan fingerprint density at radius 3 is 1.81 bits per heavy atom. The molecule has 0 radical (unpaired) electrons. The van der Waals surface area contributed by atoms with Gasteiger partial charge >= 0.3 is 0 Å². The predicted octanol–water partition coefficient (Wildman–Crippen LogP) is 2.23. The van der Waals surface area contributed by atoms with E-state index in [2.05, 4.69) is 19.2 Å². The van der Waals surface area contributed by atoms with Gasteiger partial charge in [-0.15, -0.1) is 0 Å². The lowest BCUT2D eigenvalue weighted by Crippen LogP contribution is -2.42. The van der Waals surface area contributed by atoms with Crippen LogP contribution in [0.25, 0.3) is 0 Å². The molecule has 43 heavy (non-hydrogen) atoms. The molecule has 0 aromatic heterocycles. The molecular formula is C30H45NO11S. The van der Waals surface area contributed by atoms with E-state index in [4.69, 9.17) is 32.6 Å². The first kappa shape index (κ1) is 31.7. The second kappa shape index (κ2) is 12.5. The third-order valence-corrected chi connectivity index (χ3v) is 10.4. The zero-order valence-corrected chi connectivity index (χ0v) is 25.9. The number of nitrogens with one attached hydrogen (secondary N) is 1. The second-order valence-corrected chi connectivity index (χ2v) is 14.4. The van der Waals surface area contributed by atoms with Crippen LogP contribution in [0.3, 0.4) is 0 Å². The fourth-order valence-electron chi connectivity index (χ4n) is 6.71. The van der Waals surface area contributed by atoms with Crippen molar-refractivity contribution in [3.05, 3.63) is 29.8 Å². The second-order valence-electron chi connectivity index (χ2n) is 12.8. The van der Waals surface area contributed by atoms with Gasteiger partial charge in [-0.2, -0.15) is 8.42 Å². The van der Waals surface area contributed by atoms with Crippen molar-refractivity contribution in [2.75, 3.05) is 13.2 Å². The minimum atomic E-state index is -3.91. The summed E-state index contributed by atoms with van der Waals surface area (Å²) in [5, 5.41) is 23.9. The minimum Gasteiger partial charge on any atom is -0.387 e. The quantitative estimate of drug-likeness (QED) is 0.380. The molecule has 6 aliphatic rings. The number of aliphatic hydroxyl groups is 2. The van der Waals surface area contributed by atoms with Gasteiger partial charge in [0.25, 0.3) is 10.1 Å². The Labute approximate surface area is 253 Å². The molecule has 4 aliphatic heterocycles. The highest BCUT2D eigenvalue weighted by atomic mass is 32.2. The molecule has 12 nitrogen and oxygen atoms in total. The number of aryl methyl sites for hydroxylation is 1. The maximum atomic E-state index is 12.2. The molecule has 7 rings (SSSR count). The van der Waals surface area contributed by atoms with Gasteiger partial charge in [0.1, 0.15) is 36.6 Å². The Morgan fingerprint density at radius 2 is 1.33 bits per heavy atom. The van der Waals surface area contributed by atoms with E-state index in [0.29, 0.717) is 12.6 Å². The molecule has 0 amide bonds. The number of ether oxygens (including phenoxy) is 6. The molecule has 242 valence electrons. The average molecular weight is 628 g/mol. The lowest BCUT2D eigenvalue weighted by molar-refractivity contribution is -0.231. The topological polar surface area (TPSA) is 151 Å². The van der Waals surface area contributed by atoms with Crippen LogP contribution in [0.4, 0.5) is 0 Å². The van der Waals surface area contributed by atoms with Crippen LogP contribution < -0.4 is 5.32 Å². The van der Waals surface area contributed by atoms with Gasteiger partial charge in [0, 0.05) is 38.3 Å². The van der Waals surface area contributed by atoms with E-state index in [9.17, 15) is 18.6 Å². The Hall–Kier alpha value is -1.23. The Kier molecular flexibility index (Phi) is 9.24. The van der Waals surface area contributed by atoms with Gasteiger partial charge in [0.15, 0.2) is 24.2 Å². The highest BCUT2D eigenvalue weighted by Crippen LogP contribution is 2.47. The first-order valence-electron chi connectivity index (χ1n) is 15.6. The van der Waals surface area contributed by atoms with Gasteiger partial charge in [-0.25, -0.2) is 0 Å². The third kappa shape index (κ3) is 6.68. The number of hydrogen-bond acceptors (Lipinski definition) is 12. The zero-order chi connectivity index (χ0) is 30.4. The van der Waals surface area contributed by atoms with Gasteiger partial charge in [-0.05, 0) is 44.7 Å². The van der Waals surface area contributed by atoms with Crippen LogP contribution in [-0.4, -0.2) is 98.6 Å². The van der Waals surface area contributed by atoms with E-state index < -0.39 is 58.7 Å². The first-order valence-corrected chi connectivity index (χ1v) is 17.0. The van der Waals surface area contributed by atoms with Gasteiger partial charge in [-0.1, -0.05) is 31.5 Å². The maximum absolute atomic E-state index is 12.2. The number of benzene rings is 1. The van der Waals surface area contributed by atoms with Gasteiger partial charge < -0.3 is 44.0 Å². The summed E-state index contributed by atoms with van der Waals surface area (Å²) in [6.45, 7) is 6.36. The summed E-state index contributed by atoms with van der Waals surface area (Å²) < 4.78 is 64.6. The SMILES string of the molecule is CC(C)NC[C@H]1O[C@@H]2OC3(CCCC3)O[C@@H]2[C@H]1O.Cc1ccc(S(=O)(=O)OC[C@H]2O[C@@H]3OC4(CCCC4)O[C@@H]3[C@H]2O)cc1. The molecule has 2 spiro atoms. The monoisotopic (exact) mass is 627 g/mol.